The summed E-state index contributed by atoms with van der Waals surface area (Å²) in [5, 5.41) is 5.32. The Balaban J connectivity index is 1.48. The van der Waals surface area contributed by atoms with Crippen molar-refractivity contribution in [2.24, 2.45) is 0 Å². The summed E-state index contributed by atoms with van der Waals surface area (Å²) >= 11 is 0. The number of anilines is 2. The van der Waals surface area contributed by atoms with Crippen LogP contribution in [0.1, 0.15) is 50.8 Å². The Kier molecular flexibility index (Phi) is 5.24. The summed E-state index contributed by atoms with van der Waals surface area (Å²) in [6.45, 7) is 0.965. The minimum Gasteiger partial charge on any atom is -0.452 e. The van der Waals surface area contributed by atoms with E-state index in [1.54, 1.807) is 24.3 Å². The van der Waals surface area contributed by atoms with Gasteiger partial charge in [0.25, 0.3) is 17.7 Å². The van der Waals surface area contributed by atoms with Crippen LogP contribution in [0, 0.1) is 0 Å². The lowest BCUT2D eigenvalue weighted by Crippen LogP contribution is -2.30. The molecule has 1 aliphatic carbocycles. The molecule has 4 amide bonds. The van der Waals surface area contributed by atoms with Crippen molar-refractivity contribution in [2.75, 3.05) is 16.8 Å². The van der Waals surface area contributed by atoms with Gasteiger partial charge in [0, 0.05) is 18.7 Å². The molecule has 2 aromatic rings. The highest BCUT2D eigenvalue weighted by Gasteiger charge is 2.37. The number of esters is 1. The Hall–Kier alpha value is -4.01. The van der Waals surface area contributed by atoms with Gasteiger partial charge in [0.2, 0.25) is 5.91 Å². The first-order chi connectivity index (χ1) is 14.8. The van der Waals surface area contributed by atoms with Gasteiger partial charge in [0.1, 0.15) is 0 Å². The number of carbonyl (C=O) groups excluding carboxylic acids is 5. The molecule has 158 valence electrons. The second-order valence-electron chi connectivity index (χ2n) is 7.35. The normalized spacial score (nSPS) is 14.8. The summed E-state index contributed by atoms with van der Waals surface area (Å²) in [5.41, 5.74) is 1.18. The number of amides is 4. The summed E-state index contributed by atoms with van der Waals surface area (Å²) < 4.78 is 5.00. The molecule has 2 N–H and O–H groups in total. The predicted molar refractivity (Wildman–Crippen MR) is 110 cm³/mol. The van der Waals surface area contributed by atoms with Gasteiger partial charge in [0.15, 0.2) is 6.61 Å². The number of ether oxygens (including phenoxy) is 1. The number of nitrogens with one attached hydrogen (secondary N) is 2. The smallest absolute Gasteiger partial charge is 0.338 e. The topological polar surface area (TPSA) is 122 Å². The Morgan fingerprint density at radius 1 is 1.00 bits per heavy atom. The zero-order valence-corrected chi connectivity index (χ0v) is 16.6. The van der Waals surface area contributed by atoms with Crippen LogP contribution >= 0.6 is 0 Å². The Labute approximate surface area is 177 Å². The van der Waals surface area contributed by atoms with E-state index in [2.05, 4.69) is 10.6 Å². The zero-order valence-electron chi connectivity index (χ0n) is 16.6. The molecule has 4 rings (SSSR count). The van der Waals surface area contributed by atoms with Crippen LogP contribution in [0.3, 0.4) is 0 Å². The van der Waals surface area contributed by atoms with Crippen molar-refractivity contribution in [3.05, 3.63) is 59.2 Å². The zero-order chi connectivity index (χ0) is 22.1. The monoisotopic (exact) mass is 421 g/mol. The molecule has 31 heavy (non-hydrogen) atoms. The van der Waals surface area contributed by atoms with Crippen LogP contribution in [-0.2, 0) is 14.3 Å². The molecule has 9 nitrogen and oxygen atoms in total. The molecule has 0 unspecified atom stereocenters. The first-order valence-electron chi connectivity index (χ1n) is 9.70. The van der Waals surface area contributed by atoms with E-state index in [-0.39, 0.29) is 34.5 Å². The van der Waals surface area contributed by atoms with Crippen LogP contribution in [0.15, 0.2) is 42.5 Å². The summed E-state index contributed by atoms with van der Waals surface area (Å²) in [6, 6.07) is 10.5. The van der Waals surface area contributed by atoms with E-state index in [0.29, 0.717) is 11.4 Å². The highest BCUT2D eigenvalue weighted by atomic mass is 16.5. The van der Waals surface area contributed by atoms with Gasteiger partial charge < -0.3 is 15.4 Å². The van der Waals surface area contributed by atoms with E-state index in [9.17, 15) is 24.0 Å². The molecule has 1 heterocycles. The van der Waals surface area contributed by atoms with Crippen molar-refractivity contribution >= 4 is 41.0 Å². The number of hydrogen-bond acceptors (Lipinski definition) is 6. The number of imide groups is 1. The van der Waals surface area contributed by atoms with Crippen molar-refractivity contribution in [1.29, 1.82) is 0 Å². The third-order valence-electron chi connectivity index (χ3n) is 4.84. The average molecular weight is 421 g/mol. The summed E-state index contributed by atoms with van der Waals surface area (Å²) in [5.74, 6) is -2.47. The standard InChI is InChI=1S/C22H19N3O6/c1-12(26)23-14-5-7-16(8-6-14)25-20(28)17-9-2-13(10-18(17)21(25)29)22(30)31-11-19(27)24-15-3-4-15/h2,5-10,15H,3-4,11H2,1H3,(H,23,26)(H,24,27). The Morgan fingerprint density at radius 2 is 1.68 bits per heavy atom. The van der Waals surface area contributed by atoms with Gasteiger partial charge in [-0.05, 0) is 55.3 Å². The number of nitrogens with zero attached hydrogens (tertiary/aromatic N) is 1. The maximum atomic E-state index is 12.9. The molecule has 0 atom stereocenters. The van der Waals surface area contributed by atoms with Crippen molar-refractivity contribution in [3.63, 3.8) is 0 Å². The molecule has 0 aromatic heterocycles. The molecule has 0 bridgehead atoms. The number of hydrogen-bond donors (Lipinski definition) is 2. The predicted octanol–water partition coefficient (Wildman–Crippen LogP) is 1.88. The molecule has 9 heteroatoms. The molecule has 0 spiro atoms. The molecule has 2 aliphatic rings. The summed E-state index contributed by atoms with van der Waals surface area (Å²) in [6.07, 6.45) is 1.85. The van der Waals surface area contributed by atoms with Crippen LogP contribution in [0.4, 0.5) is 11.4 Å². The molecule has 0 saturated heterocycles. The SMILES string of the molecule is CC(=O)Nc1ccc(N2C(=O)c3ccc(C(=O)OCC(=O)NC4CC4)cc3C2=O)cc1. The van der Waals surface area contributed by atoms with E-state index >= 15 is 0 Å². The van der Waals surface area contributed by atoms with Gasteiger partial charge >= 0.3 is 5.97 Å². The Morgan fingerprint density at radius 3 is 2.32 bits per heavy atom. The lowest BCUT2D eigenvalue weighted by atomic mass is 10.1. The van der Waals surface area contributed by atoms with Crippen LogP contribution in [0.25, 0.3) is 0 Å². The fourth-order valence-electron chi connectivity index (χ4n) is 3.21. The van der Waals surface area contributed by atoms with Crippen LogP contribution in [0.2, 0.25) is 0 Å². The molecule has 1 fully saturated rings. The second kappa shape index (κ2) is 8.02. The van der Waals surface area contributed by atoms with E-state index in [1.807, 2.05) is 0 Å². The van der Waals surface area contributed by atoms with Crippen LogP contribution < -0.4 is 15.5 Å². The summed E-state index contributed by atoms with van der Waals surface area (Å²) in [7, 11) is 0. The molecule has 0 radical (unpaired) electrons. The number of carbonyl (C=O) groups is 5. The van der Waals surface area contributed by atoms with Gasteiger partial charge in [0.05, 0.1) is 22.4 Å². The van der Waals surface area contributed by atoms with Gasteiger partial charge in [-0.15, -0.1) is 0 Å². The highest BCUT2D eigenvalue weighted by molar-refractivity contribution is 6.34. The van der Waals surface area contributed by atoms with Crippen molar-refractivity contribution in [3.8, 4) is 0 Å². The third kappa shape index (κ3) is 4.30. The first kappa shape index (κ1) is 20.3. The molecule has 2 aromatic carbocycles. The van der Waals surface area contributed by atoms with Gasteiger partial charge in [-0.2, -0.15) is 0 Å². The number of benzene rings is 2. The highest BCUT2D eigenvalue weighted by Crippen LogP contribution is 2.30. The van der Waals surface area contributed by atoms with E-state index < -0.39 is 24.4 Å². The fraction of sp³-hybridized carbons (Fsp3) is 0.227. The fourth-order valence-corrected chi connectivity index (χ4v) is 3.21. The maximum absolute atomic E-state index is 12.9. The van der Waals surface area contributed by atoms with Gasteiger partial charge in [-0.25, -0.2) is 9.69 Å². The average Bonchev–Trinajstić information content (AvgIpc) is 3.52. The minimum absolute atomic E-state index is 0.0713. The largest absolute Gasteiger partial charge is 0.452 e. The third-order valence-corrected chi connectivity index (χ3v) is 4.84. The second-order valence-corrected chi connectivity index (χ2v) is 7.35. The molecular weight excluding hydrogens is 402 g/mol. The Bertz CT molecular complexity index is 1100. The summed E-state index contributed by atoms with van der Waals surface area (Å²) in [4.78, 5) is 61.7. The molecule has 1 saturated carbocycles. The molecular formula is C22H19N3O6. The maximum Gasteiger partial charge on any atom is 0.338 e. The van der Waals surface area contributed by atoms with Crippen molar-refractivity contribution in [1.82, 2.24) is 5.32 Å². The lowest BCUT2D eigenvalue weighted by molar-refractivity contribution is -0.124. The van der Waals surface area contributed by atoms with Crippen LogP contribution in [-0.4, -0.2) is 42.2 Å². The van der Waals surface area contributed by atoms with Crippen molar-refractivity contribution in [2.45, 2.75) is 25.8 Å². The molecule has 1 aliphatic heterocycles. The van der Waals surface area contributed by atoms with E-state index in [1.165, 1.54) is 25.1 Å². The van der Waals surface area contributed by atoms with Crippen molar-refractivity contribution < 1.29 is 28.7 Å². The quantitative estimate of drug-likeness (QED) is 0.543. The van der Waals surface area contributed by atoms with E-state index in [4.69, 9.17) is 4.74 Å². The van der Waals surface area contributed by atoms with Gasteiger partial charge in [-0.3, -0.25) is 19.2 Å². The minimum atomic E-state index is -0.757. The van der Waals surface area contributed by atoms with Gasteiger partial charge in [-0.1, -0.05) is 0 Å². The first-order valence-corrected chi connectivity index (χ1v) is 9.70. The number of rotatable bonds is 6. The van der Waals surface area contributed by atoms with E-state index in [0.717, 1.165) is 17.7 Å². The lowest BCUT2D eigenvalue weighted by Gasteiger charge is -2.14. The van der Waals surface area contributed by atoms with Crippen LogP contribution in [0.5, 0.6) is 0 Å². The number of fused-ring (bicyclic) bond motifs is 1.